The van der Waals surface area contributed by atoms with Crippen molar-refractivity contribution in [2.75, 3.05) is 6.54 Å². The molecule has 1 aromatic rings. The number of carbonyl (C=O) groups excluding carboxylic acids is 1. The van der Waals surface area contributed by atoms with E-state index in [0.717, 1.165) is 5.56 Å². The Kier molecular flexibility index (Phi) is 4.62. The van der Waals surface area contributed by atoms with Gasteiger partial charge in [-0.25, -0.2) is 4.79 Å². The maximum absolute atomic E-state index is 11.6. The Bertz CT molecular complexity index is 446. The first-order chi connectivity index (χ1) is 9.46. The zero-order chi connectivity index (χ0) is 14.6. The van der Waals surface area contributed by atoms with Crippen LogP contribution in [0.3, 0.4) is 0 Å². The molecule has 1 heterocycles. The average molecular weight is 279 g/mol. The third-order valence-corrected chi connectivity index (χ3v) is 3.09. The van der Waals surface area contributed by atoms with E-state index in [1.54, 1.807) is 0 Å². The normalized spacial score (nSPS) is 24.4. The molecule has 5 nitrogen and oxygen atoms in total. The molecular weight excluding hydrogens is 258 g/mol. The van der Waals surface area contributed by atoms with Gasteiger partial charge in [0, 0.05) is 6.54 Å². The minimum Gasteiger partial charge on any atom is -0.445 e. The van der Waals surface area contributed by atoms with Crippen molar-refractivity contribution in [2.45, 2.75) is 45.4 Å². The van der Waals surface area contributed by atoms with E-state index >= 15 is 0 Å². The van der Waals surface area contributed by atoms with Crippen LogP contribution in [0.15, 0.2) is 30.3 Å². The molecule has 1 aliphatic rings. The molecule has 1 aliphatic heterocycles. The van der Waals surface area contributed by atoms with Crippen LogP contribution >= 0.6 is 0 Å². The Hall–Kier alpha value is -1.59. The number of rotatable bonds is 4. The van der Waals surface area contributed by atoms with Crippen molar-refractivity contribution in [1.29, 1.82) is 0 Å². The summed E-state index contributed by atoms with van der Waals surface area (Å²) in [5.41, 5.74) is 0.956. The van der Waals surface area contributed by atoms with E-state index in [0.29, 0.717) is 6.54 Å². The molecule has 5 heteroatoms. The van der Waals surface area contributed by atoms with Gasteiger partial charge in [0.15, 0.2) is 5.79 Å². The second-order valence-electron chi connectivity index (χ2n) is 5.32. The molecule has 1 N–H and O–H groups in total. The third kappa shape index (κ3) is 4.21. The first kappa shape index (κ1) is 14.8. The zero-order valence-electron chi connectivity index (χ0n) is 12.1. The molecular formula is C15H21NO4. The fraction of sp³-hybridized carbons (Fsp3) is 0.533. The van der Waals surface area contributed by atoms with Crippen molar-refractivity contribution in [3.8, 4) is 0 Å². The van der Waals surface area contributed by atoms with Gasteiger partial charge in [-0.3, -0.25) is 0 Å². The highest BCUT2D eigenvalue weighted by Gasteiger charge is 2.38. The lowest BCUT2D eigenvalue weighted by Crippen LogP contribution is -2.37. The molecule has 0 saturated carbocycles. The molecule has 0 unspecified atom stereocenters. The lowest BCUT2D eigenvalue weighted by atomic mass is 10.2. The summed E-state index contributed by atoms with van der Waals surface area (Å²) in [6.07, 6.45) is -0.664. The molecule has 2 rings (SSSR count). The maximum atomic E-state index is 11.6. The number of benzene rings is 1. The Morgan fingerprint density at radius 3 is 2.60 bits per heavy atom. The molecule has 0 spiro atoms. The van der Waals surface area contributed by atoms with E-state index in [1.807, 2.05) is 51.1 Å². The van der Waals surface area contributed by atoms with Gasteiger partial charge in [0.2, 0.25) is 0 Å². The van der Waals surface area contributed by atoms with Gasteiger partial charge in [-0.15, -0.1) is 0 Å². The van der Waals surface area contributed by atoms with E-state index in [4.69, 9.17) is 14.2 Å². The number of hydrogen-bond donors (Lipinski definition) is 1. The molecule has 1 aromatic carbocycles. The fourth-order valence-corrected chi connectivity index (χ4v) is 2.18. The zero-order valence-corrected chi connectivity index (χ0v) is 12.1. The Morgan fingerprint density at radius 2 is 2.00 bits per heavy atom. The minimum atomic E-state index is -0.598. The number of nitrogens with one attached hydrogen (secondary N) is 1. The summed E-state index contributed by atoms with van der Waals surface area (Å²) < 4.78 is 16.4. The minimum absolute atomic E-state index is 0.0561. The number of hydrogen-bond acceptors (Lipinski definition) is 4. The molecule has 2 atom stereocenters. The molecule has 110 valence electrons. The van der Waals surface area contributed by atoms with E-state index in [9.17, 15) is 4.79 Å². The van der Waals surface area contributed by atoms with Gasteiger partial charge in [0.25, 0.3) is 0 Å². The maximum Gasteiger partial charge on any atom is 0.407 e. The van der Waals surface area contributed by atoms with Crippen LogP contribution in [0.5, 0.6) is 0 Å². The number of alkyl carbamates (subject to hydrolysis) is 1. The molecule has 0 aromatic heterocycles. The summed E-state index contributed by atoms with van der Waals surface area (Å²) in [7, 11) is 0. The molecule has 1 saturated heterocycles. The largest absolute Gasteiger partial charge is 0.445 e. The van der Waals surface area contributed by atoms with Crippen molar-refractivity contribution in [1.82, 2.24) is 5.32 Å². The number of carbonyl (C=O) groups is 1. The highest BCUT2D eigenvalue weighted by molar-refractivity contribution is 5.67. The second-order valence-corrected chi connectivity index (χ2v) is 5.32. The van der Waals surface area contributed by atoms with Crippen LogP contribution in [0.1, 0.15) is 26.3 Å². The summed E-state index contributed by atoms with van der Waals surface area (Å²) in [5, 5.41) is 2.70. The SMILES string of the molecule is C[C@H]1OC(C)(C)O[C@H]1CNC(=O)OCc1ccccc1. The second kappa shape index (κ2) is 6.24. The van der Waals surface area contributed by atoms with Crippen LogP contribution in [0, 0.1) is 0 Å². The van der Waals surface area contributed by atoms with Crippen LogP contribution in [-0.2, 0) is 20.8 Å². The van der Waals surface area contributed by atoms with Crippen LogP contribution in [0.25, 0.3) is 0 Å². The topological polar surface area (TPSA) is 56.8 Å². The molecule has 1 amide bonds. The Balaban J connectivity index is 1.71. The smallest absolute Gasteiger partial charge is 0.407 e. The monoisotopic (exact) mass is 279 g/mol. The molecule has 1 fully saturated rings. The first-order valence-electron chi connectivity index (χ1n) is 6.76. The van der Waals surface area contributed by atoms with Crippen LogP contribution in [-0.4, -0.2) is 30.6 Å². The lowest BCUT2D eigenvalue weighted by Gasteiger charge is -2.17. The highest BCUT2D eigenvalue weighted by atomic mass is 16.7. The summed E-state index contributed by atoms with van der Waals surface area (Å²) in [6, 6.07) is 9.55. The summed E-state index contributed by atoms with van der Waals surface area (Å²) in [6.45, 7) is 6.28. The van der Waals surface area contributed by atoms with Gasteiger partial charge < -0.3 is 19.5 Å². The third-order valence-electron chi connectivity index (χ3n) is 3.09. The number of ether oxygens (including phenoxy) is 3. The van der Waals surface area contributed by atoms with Gasteiger partial charge in [-0.2, -0.15) is 0 Å². The van der Waals surface area contributed by atoms with Gasteiger partial charge in [0.1, 0.15) is 12.7 Å². The van der Waals surface area contributed by atoms with E-state index in [2.05, 4.69) is 5.32 Å². The van der Waals surface area contributed by atoms with Crippen molar-refractivity contribution in [3.63, 3.8) is 0 Å². The molecule has 0 radical (unpaired) electrons. The standard InChI is InChI=1S/C15H21NO4/c1-11-13(20-15(2,3)19-11)9-16-14(17)18-10-12-7-5-4-6-8-12/h4-8,11,13H,9-10H2,1-3H3,(H,16,17)/t11-,13+/m1/s1. The average Bonchev–Trinajstić information content (AvgIpc) is 2.68. The van der Waals surface area contributed by atoms with Crippen LogP contribution in [0.2, 0.25) is 0 Å². The molecule has 0 bridgehead atoms. The van der Waals surface area contributed by atoms with E-state index in [-0.39, 0.29) is 18.8 Å². The highest BCUT2D eigenvalue weighted by Crippen LogP contribution is 2.27. The number of amides is 1. The molecule has 0 aliphatic carbocycles. The van der Waals surface area contributed by atoms with Crippen LogP contribution in [0.4, 0.5) is 4.79 Å². The van der Waals surface area contributed by atoms with E-state index < -0.39 is 11.9 Å². The lowest BCUT2D eigenvalue weighted by molar-refractivity contribution is -0.144. The van der Waals surface area contributed by atoms with Gasteiger partial charge in [-0.1, -0.05) is 30.3 Å². The Labute approximate surface area is 119 Å². The van der Waals surface area contributed by atoms with Gasteiger partial charge in [0.05, 0.1) is 6.10 Å². The van der Waals surface area contributed by atoms with Crippen molar-refractivity contribution in [2.24, 2.45) is 0 Å². The van der Waals surface area contributed by atoms with Gasteiger partial charge >= 0.3 is 6.09 Å². The van der Waals surface area contributed by atoms with Crippen molar-refractivity contribution < 1.29 is 19.0 Å². The predicted molar refractivity (Wildman–Crippen MR) is 74.1 cm³/mol. The summed E-state index contributed by atoms with van der Waals surface area (Å²) in [4.78, 5) is 11.6. The molecule has 20 heavy (non-hydrogen) atoms. The van der Waals surface area contributed by atoms with Crippen LogP contribution < -0.4 is 5.32 Å². The van der Waals surface area contributed by atoms with Gasteiger partial charge in [-0.05, 0) is 26.3 Å². The predicted octanol–water partition coefficient (Wildman–Crippen LogP) is 2.45. The summed E-state index contributed by atoms with van der Waals surface area (Å²) in [5.74, 6) is -0.598. The first-order valence-corrected chi connectivity index (χ1v) is 6.76. The van der Waals surface area contributed by atoms with Crippen molar-refractivity contribution >= 4 is 6.09 Å². The van der Waals surface area contributed by atoms with Crippen molar-refractivity contribution in [3.05, 3.63) is 35.9 Å². The Morgan fingerprint density at radius 1 is 1.30 bits per heavy atom. The van der Waals surface area contributed by atoms with E-state index in [1.165, 1.54) is 0 Å². The fourth-order valence-electron chi connectivity index (χ4n) is 2.18. The quantitative estimate of drug-likeness (QED) is 0.919. The summed E-state index contributed by atoms with van der Waals surface area (Å²) >= 11 is 0.